The van der Waals surface area contributed by atoms with Gasteiger partial charge in [0.1, 0.15) is 12.7 Å². The van der Waals surface area contributed by atoms with Crippen LogP contribution in [0.15, 0.2) is 11.6 Å². The van der Waals surface area contributed by atoms with Crippen LogP contribution in [0, 0.1) is 17.8 Å². The van der Waals surface area contributed by atoms with E-state index in [0.717, 1.165) is 24.2 Å². The summed E-state index contributed by atoms with van der Waals surface area (Å²) in [6.45, 7) is 7.86. The molecule has 1 aliphatic heterocycles. The van der Waals surface area contributed by atoms with E-state index in [1.165, 1.54) is 6.08 Å². The summed E-state index contributed by atoms with van der Waals surface area (Å²) < 4.78 is 4.89. The third-order valence-corrected chi connectivity index (χ3v) is 4.92. The highest BCUT2D eigenvalue weighted by molar-refractivity contribution is 6.15. The van der Waals surface area contributed by atoms with Crippen molar-refractivity contribution in [2.75, 3.05) is 13.2 Å². The normalized spacial score (nSPS) is 26.8. The highest BCUT2D eigenvalue weighted by atomic mass is 17.2. The van der Waals surface area contributed by atoms with Crippen LogP contribution in [0.3, 0.4) is 0 Å². The smallest absolute Gasteiger partial charge is 0.430 e. The minimum Gasteiger partial charge on any atom is -0.430 e. The number of hydrogen-bond acceptors (Lipinski definition) is 6. The number of carbonyl (C=O) groups excluding carboxylic acids is 3. The Balaban J connectivity index is 1.71. The minimum absolute atomic E-state index is 0.00428. The second-order valence-corrected chi connectivity index (χ2v) is 7.26. The monoisotopic (exact) mass is 353 g/mol. The molecular formula is C18H27NO6. The summed E-state index contributed by atoms with van der Waals surface area (Å²) in [5, 5.41) is 0. The predicted molar refractivity (Wildman–Crippen MR) is 89.1 cm³/mol. The van der Waals surface area contributed by atoms with Crippen molar-refractivity contribution >= 4 is 18.0 Å². The first-order chi connectivity index (χ1) is 11.8. The van der Waals surface area contributed by atoms with Crippen molar-refractivity contribution in [3.8, 4) is 0 Å². The molecule has 25 heavy (non-hydrogen) atoms. The largest absolute Gasteiger partial charge is 0.540 e. The molecule has 2 amide bonds. The Morgan fingerprint density at radius 1 is 1.32 bits per heavy atom. The minimum atomic E-state index is -0.954. The molecule has 7 heteroatoms. The van der Waals surface area contributed by atoms with Gasteiger partial charge in [0.15, 0.2) is 0 Å². The van der Waals surface area contributed by atoms with E-state index in [-0.39, 0.29) is 25.2 Å². The fourth-order valence-corrected chi connectivity index (χ4v) is 3.42. The van der Waals surface area contributed by atoms with E-state index in [9.17, 15) is 14.4 Å². The molecule has 2 rings (SSSR count). The lowest BCUT2D eigenvalue weighted by Gasteiger charge is -2.35. The Morgan fingerprint density at radius 2 is 2.04 bits per heavy atom. The van der Waals surface area contributed by atoms with E-state index in [1.54, 1.807) is 6.92 Å². The second kappa shape index (κ2) is 8.47. The fraction of sp³-hybridized carbons (Fsp3) is 0.722. The average molecular weight is 353 g/mol. The number of amides is 2. The Morgan fingerprint density at radius 3 is 2.64 bits per heavy atom. The summed E-state index contributed by atoms with van der Waals surface area (Å²) >= 11 is 0. The number of imide groups is 1. The van der Waals surface area contributed by atoms with E-state index in [2.05, 4.69) is 20.8 Å². The van der Waals surface area contributed by atoms with Gasteiger partial charge in [-0.2, -0.15) is 4.89 Å². The Kier molecular flexibility index (Phi) is 6.58. The lowest BCUT2D eigenvalue weighted by molar-refractivity contribution is -0.306. The first kappa shape index (κ1) is 19.4. The average Bonchev–Trinajstić information content (AvgIpc) is 2.78. The molecule has 1 saturated carbocycles. The van der Waals surface area contributed by atoms with Gasteiger partial charge in [0.25, 0.3) is 11.8 Å². The van der Waals surface area contributed by atoms with Crippen molar-refractivity contribution < 1.29 is 28.9 Å². The van der Waals surface area contributed by atoms with E-state index in [0.29, 0.717) is 23.3 Å². The van der Waals surface area contributed by atoms with Crippen molar-refractivity contribution in [3.05, 3.63) is 11.6 Å². The van der Waals surface area contributed by atoms with Gasteiger partial charge in [-0.1, -0.05) is 27.2 Å². The van der Waals surface area contributed by atoms with Gasteiger partial charge in [-0.3, -0.25) is 19.4 Å². The standard InChI is InChI=1S/C18H27NO6/c1-11(2)14-6-5-12(3)9-15(14)24-25-18(22)23-8-7-19-16(20)10-13(4)17(19)21/h10-12,14-15H,5-9H2,1-4H3. The van der Waals surface area contributed by atoms with E-state index >= 15 is 0 Å². The zero-order valence-electron chi connectivity index (χ0n) is 15.3. The SMILES string of the molecule is CC1=CC(=O)N(CCOC(=O)OOC2CC(C)CCC2C(C)C)C1=O. The van der Waals surface area contributed by atoms with Crippen molar-refractivity contribution in [2.45, 2.75) is 53.1 Å². The van der Waals surface area contributed by atoms with Gasteiger partial charge < -0.3 is 4.74 Å². The molecule has 0 aromatic rings. The molecule has 7 nitrogen and oxygen atoms in total. The molecule has 0 aromatic heterocycles. The third-order valence-electron chi connectivity index (χ3n) is 4.92. The first-order valence-corrected chi connectivity index (χ1v) is 8.83. The quantitative estimate of drug-likeness (QED) is 0.316. The number of carbonyl (C=O) groups is 3. The van der Waals surface area contributed by atoms with Gasteiger partial charge in [-0.25, -0.2) is 4.79 Å². The zero-order chi connectivity index (χ0) is 18.6. The van der Waals surface area contributed by atoms with Crippen LogP contribution >= 0.6 is 0 Å². The molecule has 3 unspecified atom stereocenters. The third kappa shape index (κ3) is 5.04. The van der Waals surface area contributed by atoms with Crippen LogP contribution in [-0.2, 0) is 24.1 Å². The van der Waals surface area contributed by atoms with Crippen molar-refractivity contribution in [1.29, 1.82) is 0 Å². The first-order valence-electron chi connectivity index (χ1n) is 8.83. The van der Waals surface area contributed by atoms with Gasteiger partial charge in [-0.05, 0) is 37.5 Å². The zero-order valence-corrected chi connectivity index (χ0v) is 15.3. The number of rotatable bonds is 6. The molecule has 0 radical (unpaired) electrons. The molecule has 3 atom stereocenters. The molecular weight excluding hydrogens is 326 g/mol. The molecule has 0 aromatic carbocycles. The van der Waals surface area contributed by atoms with Gasteiger partial charge in [0.2, 0.25) is 0 Å². The lowest BCUT2D eigenvalue weighted by Crippen LogP contribution is -2.36. The van der Waals surface area contributed by atoms with Gasteiger partial charge >= 0.3 is 6.16 Å². The highest BCUT2D eigenvalue weighted by Crippen LogP contribution is 2.35. The Labute approximate surface area is 148 Å². The van der Waals surface area contributed by atoms with Gasteiger partial charge in [0.05, 0.1) is 6.54 Å². The summed E-state index contributed by atoms with van der Waals surface area (Å²) in [5.41, 5.74) is 0.377. The molecule has 140 valence electrons. The molecule has 0 N–H and O–H groups in total. The topological polar surface area (TPSA) is 82.1 Å². The summed E-state index contributed by atoms with van der Waals surface area (Å²) in [6, 6.07) is 0. The molecule has 1 heterocycles. The van der Waals surface area contributed by atoms with Crippen LogP contribution in [0.4, 0.5) is 4.79 Å². The highest BCUT2D eigenvalue weighted by Gasteiger charge is 2.33. The Bertz CT molecular complexity index is 556. The number of ether oxygens (including phenoxy) is 1. The fourth-order valence-electron chi connectivity index (χ4n) is 3.42. The summed E-state index contributed by atoms with van der Waals surface area (Å²) in [4.78, 5) is 46.1. The van der Waals surface area contributed by atoms with Crippen LogP contribution in [-0.4, -0.2) is 42.1 Å². The van der Waals surface area contributed by atoms with Crippen molar-refractivity contribution in [1.82, 2.24) is 4.90 Å². The van der Waals surface area contributed by atoms with Crippen LogP contribution in [0.1, 0.15) is 47.0 Å². The van der Waals surface area contributed by atoms with Crippen molar-refractivity contribution in [3.63, 3.8) is 0 Å². The molecule has 1 aliphatic carbocycles. The summed E-state index contributed by atoms with van der Waals surface area (Å²) in [6.07, 6.45) is 3.22. The molecule has 0 saturated heterocycles. The van der Waals surface area contributed by atoms with E-state index < -0.39 is 12.1 Å². The summed E-state index contributed by atoms with van der Waals surface area (Å²) in [5.74, 6) is 0.557. The van der Waals surface area contributed by atoms with Crippen LogP contribution < -0.4 is 0 Å². The molecule has 1 fully saturated rings. The van der Waals surface area contributed by atoms with Crippen LogP contribution in [0.2, 0.25) is 0 Å². The maximum absolute atomic E-state index is 11.7. The van der Waals surface area contributed by atoms with Crippen molar-refractivity contribution in [2.24, 2.45) is 17.8 Å². The lowest BCUT2D eigenvalue weighted by atomic mass is 9.75. The van der Waals surface area contributed by atoms with Gasteiger partial charge in [-0.15, -0.1) is 0 Å². The second-order valence-electron chi connectivity index (χ2n) is 7.26. The van der Waals surface area contributed by atoms with E-state index in [1.807, 2.05) is 0 Å². The number of hydrogen-bond donors (Lipinski definition) is 0. The maximum Gasteiger partial charge on any atom is 0.540 e. The molecule has 0 bridgehead atoms. The molecule has 2 aliphatic rings. The summed E-state index contributed by atoms with van der Waals surface area (Å²) in [7, 11) is 0. The van der Waals surface area contributed by atoms with Gasteiger partial charge in [0, 0.05) is 11.6 Å². The molecule has 0 spiro atoms. The van der Waals surface area contributed by atoms with E-state index in [4.69, 9.17) is 14.5 Å². The van der Waals surface area contributed by atoms with Crippen LogP contribution in [0.25, 0.3) is 0 Å². The van der Waals surface area contributed by atoms with Crippen LogP contribution in [0.5, 0.6) is 0 Å². The number of nitrogens with zero attached hydrogens (tertiary/aromatic N) is 1. The predicted octanol–water partition coefficient (Wildman–Crippen LogP) is 2.85. The Hall–Kier alpha value is -1.89. The maximum atomic E-state index is 11.7.